The van der Waals surface area contributed by atoms with Gasteiger partial charge in [-0.3, -0.25) is 4.57 Å². The lowest BCUT2D eigenvalue weighted by molar-refractivity contribution is 0.503. The van der Waals surface area contributed by atoms with Gasteiger partial charge in [-0.15, -0.1) is 0 Å². The summed E-state index contributed by atoms with van der Waals surface area (Å²) in [6.45, 7) is 1.90. The molecule has 23 heavy (non-hydrogen) atoms. The Morgan fingerprint density at radius 1 is 0.783 bits per heavy atom. The molecule has 0 saturated carbocycles. The van der Waals surface area contributed by atoms with E-state index < -0.39 is 7.37 Å². The summed E-state index contributed by atoms with van der Waals surface area (Å²) >= 11 is 0. The standard InChI is InChI=1S/C19H18NO2P/c1-15-9-8-14-18(19(15)20)22-23(21,16-10-4-2-5-11-16)17-12-6-3-7-13-17/h2-14H,20H2,1H3. The molecular weight excluding hydrogens is 305 g/mol. The van der Waals surface area contributed by atoms with Crippen LogP contribution in [0.4, 0.5) is 5.69 Å². The molecule has 0 saturated heterocycles. The minimum Gasteiger partial charge on any atom is -0.435 e. The molecular formula is C19H18NO2P. The highest BCUT2D eigenvalue weighted by Crippen LogP contribution is 2.46. The summed E-state index contributed by atoms with van der Waals surface area (Å²) in [7, 11) is -3.27. The number of hydrogen-bond donors (Lipinski definition) is 1. The van der Waals surface area contributed by atoms with Crippen molar-refractivity contribution in [3.63, 3.8) is 0 Å². The quantitative estimate of drug-likeness (QED) is 0.585. The van der Waals surface area contributed by atoms with Gasteiger partial charge in [0.25, 0.3) is 0 Å². The topological polar surface area (TPSA) is 52.3 Å². The van der Waals surface area contributed by atoms with Gasteiger partial charge >= 0.3 is 7.37 Å². The van der Waals surface area contributed by atoms with Crippen molar-refractivity contribution in [2.75, 3.05) is 5.73 Å². The molecule has 0 atom stereocenters. The molecule has 0 bridgehead atoms. The Balaban J connectivity index is 2.14. The summed E-state index contributed by atoms with van der Waals surface area (Å²) in [5.74, 6) is 0.445. The minimum absolute atomic E-state index is 0.445. The average Bonchev–Trinajstić information content (AvgIpc) is 2.60. The van der Waals surface area contributed by atoms with Crippen molar-refractivity contribution in [3.8, 4) is 5.75 Å². The molecule has 0 radical (unpaired) electrons. The zero-order valence-corrected chi connectivity index (χ0v) is 13.7. The Bertz CT molecular complexity index is 804. The van der Waals surface area contributed by atoms with Crippen molar-refractivity contribution in [1.82, 2.24) is 0 Å². The summed E-state index contributed by atoms with van der Waals surface area (Å²) < 4.78 is 19.8. The number of para-hydroxylation sites is 1. The molecule has 3 aromatic carbocycles. The van der Waals surface area contributed by atoms with Crippen LogP contribution in [-0.4, -0.2) is 0 Å². The van der Waals surface area contributed by atoms with Crippen LogP contribution in [0.1, 0.15) is 5.56 Å². The fraction of sp³-hybridized carbons (Fsp3) is 0.0526. The van der Waals surface area contributed by atoms with Gasteiger partial charge in [-0.25, -0.2) is 0 Å². The third-order valence-corrected chi connectivity index (χ3v) is 6.11. The third kappa shape index (κ3) is 3.01. The second-order valence-electron chi connectivity index (χ2n) is 5.30. The van der Waals surface area contributed by atoms with Crippen molar-refractivity contribution in [3.05, 3.63) is 84.4 Å². The first-order valence-corrected chi connectivity index (χ1v) is 9.00. The van der Waals surface area contributed by atoms with E-state index in [4.69, 9.17) is 10.3 Å². The van der Waals surface area contributed by atoms with Crippen LogP contribution in [0.2, 0.25) is 0 Å². The Labute approximate surface area is 136 Å². The summed E-state index contributed by atoms with van der Waals surface area (Å²) in [5.41, 5.74) is 7.51. The van der Waals surface area contributed by atoms with Gasteiger partial charge in [-0.2, -0.15) is 0 Å². The third-order valence-electron chi connectivity index (χ3n) is 3.70. The normalized spacial score (nSPS) is 11.2. The minimum atomic E-state index is -3.27. The SMILES string of the molecule is Cc1cccc(OP(=O)(c2ccccc2)c2ccccc2)c1N. The van der Waals surface area contributed by atoms with Gasteiger partial charge in [-0.1, -0.05) is 48.5 Å². The number of rotatable bonds is 4. The molecule has 4 heteroatoms. The maximum absolute atomic E-state index is 13.8. The first-order chi connectivity index (χ1) is 11.1. The first-order valence-electron chi connectivity index (χ1n) is 7.37. The molecule has 116 valence electrons. The van der Waals surface area contributed by atoms with Crippen LogP contribution in [0.3, 0.4) is 0 Å². The molecule has 0 fully saturated rings. The van der Waals surface area contributed by atoms with Gasteiger partial charge in [0.15, 0.2) is 5.75 Å². The molecule has 0 unspecified atom stereocenters. The van der Waals surface area contributed by atoms with Crippen molar-refractivity contribution in [2.45, 2.75) is 6.92 Å². The molecule has 3 aromatic rings. The predicted octanol–water partition coefficient (Wildman–Crippen LogP) is 3.89. The molecule has 0 aliphatic carbocycles. The van der Waals surface area contributed by atoms with Gasteiger partial charge in [0.1, 0.15) is 0 Å². The van der Waals surface area contributed by atoms with E-state index in [1.807, 2.05) is 79.7 Å². The summed E-state index contributed by atoms with van der Waals surface area (Å²) in [6, 6.07) is 24.0. The maximum atomic E-state index is 13.8. The fourth-order valence-corrected chi connectivity index (χ4v) is 4.45. The number of aryl methyl sites for hydroxylation is 1. The molecule has 0 aliphatic rings. The van der Waals surface area contributed by atoms with Crippen LogP contribution >= 0.6 is 7.37 Å². The van der Waals surface area contributed by atoms with Crippen molar-refractivity contribution >= 4 is 23.7 Å². The monoisotopic (exact) mass is 323 g/mol. The highest BCUT2D eigenvalue weighted by atomic mass is 31.2. The molecule has 0 heterocycles. The van der Waals surface area contributed by atoms with Crippen molar-refractivity contribution in [2.24, 2.45) is 0 Å². The highest BCUT2D eigenvalue weighted by molar-refractivity contribution is 7.74. The molecule has 3 rings (SSSR count). The van der Waals surface area contributed by atoms with Crippen LogP contribution in [0, 0.1) is 6.92 Å². The van der Waals surface area contributed by atoms with E-state index in [2.05, 4.69) is 0 Å². The van der Waals surface area contributed by atoms with Crippen LogP contribution in [0.15, 0.2) is 78.9 Å². The average molecular weight is 323 g/mol. The zero-order chi connectivity index (χ0) is 16.3. The Morgan fingerprint density at radius 2 is 1.30 bits per heavy atom. The Morgan fingerprint density at radius 3 is 1.83 bits per heavy atom. The number of hydrogen-bond acceptors (Lipinski definition) is 3. The van der Waals surface area contributed by atoms with Gasteiger partial charge < -0.3 is 10.3 Å². The number of nitrogen functional groups attached to an aromatic ring is 1. The lowest BCUT2D eigenvalue weighted by Gasteiger charge is -2.21. The number of nitrogens with two attached hydrogens (primary N) is 1. The van der Waals surface area contributed by atoms with E-state index in [0.29, 0.717) is 22.0 Å². The largest absolute Gasteiger partial charge is 0.435 e. The summed E-state index contributed by atoms with van der Waals surface area (Å²) in [5, 5.41) is 1.29. The van der Waals surface area contributed by atoms with E-state index in [1.54, 1.807) is 6.07 Å². The molecule has 2 N–H and O–H groups in total. The lowest BCUT2D eigenvalue weighted by atomic mass is 10.2. The molecule has 3 nitrogen and oxygen atoms in total. The van der Waals surface area contributed by atoms with Crippen LogP contribution in [0.5, 0.6) is 5.75 Å². The Hall–Kier alpha value is -2.51. The number of anilines is 1. The fourth-order valence-electron chi connectivity index (χ4n) is 2.37. The lowest BCUT2D eigenvalue weighted by Crippen LogP contribution is -2.20. The van der Waals surface area contributed by atoms with Crippen LogP contribution < -0.4 is 20.9 Å². The first kappa shape index (κ1) is 15.4. The van der Waals surface area contributed by atoms with Crippen molar-refractivity contribution in [1.29, 1.82) is 0 Å². The summed E-state index contributed by atoms with van der Waals surface area (Å²) in [6.07, 6.45) is 0. The zero-order valence-electron chi connectivity index (χ0n) is 12.8. The van der Waals surface area contributed by atoms with Crippen molar-refractivity contribution < 1.29 is 9.09 Å². The van der Waals surface area contributed by atoms with E-state index in [1.165, 1.54) is 0 Å². The van der Waals surface area contributed by atoms with Gasteiger partial charge in [0, 0.05) is 0 Å². The van der Waals surface area contributed by atoms with Crippen LogP contribution in [-0.2, 0) is 4.57 Å². The van der Waals surface area contributed by atoms with Crippen LogP contribution in [0.25, 0.3) is 0 Å². The number of benzene rings is 3. The van der Waals surface area contributed by atoms with Gasteiger partial charge in [0.05, 0.1) is 16.3 Å². The molecule has 0 aromatic heterocycles. The maximum Gasteiger partial charge on any atom is 0.306 e. The summed E-state index contributed by atoms with van der Waals surface area (Å²) in [4.78, 5) is 0. The molecule has 0 aliphatic heterocycles. The van der Waals surface area contributed by atoms with Gasteiger partial charge in [-0.05, 0) is 42.8 Å². The van der Waals surface area contributed by atoms with Gasteiger partial charge in [0.2, 0.25) is 0 Å². The second kappa shape index (κ2) is 6.31. The van der Waals surface area contributed by atoms with E-state index in [9.17, 15) is 4.57 Å². The van der Waals surface area contributed by atoms with E-state index in [0.717, 1.165) is 5.56 Å². The molecule has 0 spiro atoms. The Kier molecular flexibility index (Phi) is 4.22. The predicted molar refractivity (Wildman–Crippen MR) is 96.0 cm³/mol. The second-order valence-corrected chi connectivity index (χ2v) is 7.62. The molecule has 0 amide bonds. The van der Waals surface area contributed by atoms with E-state index in [-0.39, 0.29) is 0 Å². The van der Waals surface area contributed by atoms with E-state index >= 15 is 0 Å². The smallest absolute Gasteiger partial charge is 0.306 e. The highest BCUT2D eigenvalue weighted by Gasteiger charge is 2.30.